The Balaban J connectivity index is 1.34. The van der Waals surface area contributed by atoms with E-state index in [0.29, 0.717) is 35.6 Å². The number of ether oxygens (including phenoxy) is 1. The lowest BCUT2D eigenvalue weighted by atomic mass is 10.0. The summed E-state index contributed by atoms with van der Waals surface area (Å²) in [5.74, 6) is 0.370. The average Bonchev–Trinajstić information content (AvgIpc) is 3.42. The van der Waals surface area contributed by atoms with E-state index in [1.807, 2.05) is 11.0 Å². The number of piperidine rings is 1. The molecule has 0 radical (unpaired) electrons. The highest BCUT2D eigenvalue weighted by atomic mass is 19.1. The van der Waals surface area contributed by atoms with Crippen molar-refractivity contribution in [1.82, 2.24) is 9.80 Å². The third-order valence-corrected chi connectivity index (χ3v) is 8.06. The van der Waals surface area contributed by atoms with Gasteiger partial charge in [0.25, 0.3) is 5.91 Å². The van der Waals surface area contributed by atoms with Crippen LogP contribution in [0.15, 0.2) is 42.5 Å². The van der Waals surface area contributed by atoms with Gasteiger partial charge in [0.1, 0.15) is 11.6 Å². The van der Waals surface area contributed by atoms with Crippen LogP contribution in [-0.4, -0.2) is 80.6 Å². The van der Waals surface area contributed by atoms with E-state index < -0.39 is 0 Å². The van der Waals surface area contributed by atoms with Crippen LogP contribution in [0.4, 0.5) is 15.8 Å². The largest absolute Gasteiger partial charge is 0.494 e. The Morgan fingerprint density at radius 2 is 1.68 bits per heavy atom. The number of benzene rings is 2. The molecule has 0 bridgehead atoms. The Bertz CT molecular complexity index is 1100. The molecule has 38 heavy (non-hydrogen) atoms. The minimum absolute atomic E-state index is 0.148. The Kier molecular flexibility index (Phi) is 9.26. The number of nitrogens with zero attached hydrogens (tertiary/aromatic N) is 4. The summed E-state index contributed by atoms with van der Waals surface area (Å²) in [4.78, 5) is 32.6. The van der Waals surface area contributed by atoms with Gasteiger partial charge in [-0.25, -0.2) is 4.39 Å². The van der Waals surface area contributed by atoms with Crippen molar-refractivity contribution in [3.8, 4) is 5.75 Å². The number of carbonyl (C=O) groups is 2. The van der Waals surface area contributed by atoms with E-state index in [4.69, 9.17) is 4.74 Å². The quantitative estimate of drug-likeness (QED) is 0.441. The minimum Gasteiger partial charge on any atom is -0.494 e. The monoisotopic (exact) mass is 524 g/mol. The van der Waals surface area contributed by atoms with Gasteiger partial charge < -0.3 is 19.4 Å². The smallest absolute Gasteiger partial charge is 0.258 e. The second-order valence-electron chi connectivity index (χ2n) is 10.5. The molecule has 206 valence electrons. The summed E-state index contributed by atoms with van der Waals surface area (Å²) in [7, 11) is 3.83. The minimum atomic E-state index is -0.320. The van der Waals surface area contributed by atoms with E-state index >= 15 is 4.39 Å². The lowest BCUT2D eigenvalue weighted by Crippen LogP contribution is -2.48. The van der Waals surface area contributed by atoms with Gasteiger partial charge in [0.2, 0.25) is 5.91 Å². The first kappa shape index (κ1) is 27.9. The van der Waals surface area contributed by atoms with Crippen molar-refractivity contribution in [1.29, 1.82) is 0 Å². The molecule has 7 nitrogen and oxygen atoms in total. The number of rotatable bonds is 9. The highest BCUT2D eigenvalue weighted by molar-refractivity contribution is 6.05. The summed E-state index contributed by atoms with van der Waals surface area (Å²) in [5.41, 5.74) is 1.62. The molecule has 2 aromatic rings. The zero-order chi connectivity index (χ0) is 27.2. The Morgan fingerprint density at radius 1 is 1.00 bits per heavy atom. The van der Waals surface area contributed by atoms with Gasteiger partial charge in [-0.2, -0.15) is 0 Å². The van der Waals surface area contributed by atoms with Gasteiger partial charge in [-0.1, -0.05) is 13.3 Å². The SMILES string of the molecule is CCCCOc1ccc(C(=O)N(C)c2ccc(N3CCC(N(C)C4CCN(C(C)=O)CC4)C3)c(F)c2)cc1. The van der Waals surface area contributed by atoms with Crippen molar-refractivity contribution in [2.75, 3.05) is 56.7 Å². The van der Waals surface area contributed by atoms with E-state index in [-0.39, 0.29) is 17.6 Å². The first-order valence-electron chi connectivity index (χ1n) is 13.8. The number of anilines is 2. The number of amides is 2. The number of carbonyl (C=O) groups excluding carboxylic acids is 2. The molecule has 8 heteroatoms. The number of hydrogen-bond acceptors (Lipinski definition) is 5. The average molecular weight is 525 g/mol. The van der Waals surface area contributed by atoms with E-state index in [2.05, 4.69) is 23.8 Å². The van der Waals surface area contributed by atoms with Gasteiger partial charge in [0.05, 0.1) is 12.3 Å². The maximum absolute atomic E-state index is 15.3. The number of likely N-dealkylation sites (N-methyl/N-ethyl adjacent to an activating group) is 1. The van der Waals surface area contributed by atoms with Crippen LogP contribution in [0, 0.1) is 5.82 Å². The van der Waals surface area contributed by atoms with Gasteiger partial charge in [0.15, 0.2) is 0 Å². The normalized spacial score (nSPS) is 18.2. The van der Waals surface area contributed by atoms with Crippen molar-refractivity contribution in [2.24, 2.45) is 0 Å². The van der Waals surface area contributed by atoms with Crippen molar-refractivity contribution in [2.45, 2.75) is 58.0 Å². The molecule has 0 spiro atoms. The number of halogens is 1. The molecule has 2 aliphatic rings. The second-order valence-corrected chi connectivity index (χ2v) is 10.5. The van der Waals surface area contributed by atoms with E-state index in [0.717, 1.165) is 64.0 Å². The first-order valence-corrected chi connectivity index (χ1v) is 13.8. The predicted molar refractivity (Wildman–Crippen MR) is 150 cm³/mol. The molecule has 2 heterocycles. The fraction of sp³-hybridized carbons (Fsp3) is 0.533. The van der Waals surface area contributed by atoms with Gasteiger partial charge in [-0.05, 0) is 75.2 Å². The number of hydrogen-bond donors (Lipinski definition) is 0. The molecule has 4 rings (SSSR count). The van der Waals surface area contributed by atoms with Gasteiger partial charge >= 0.3 is 0 Å². The molecule has 2 amide bonds. The second kappa shape index (κ2) is 12.6. The summed E-state index contributed by atoms with van der Waals surface area (Å²) in [5, 5.41) is 0. The van der Waals surface area contributed by atoms with E-state index in [9.17, 15) is 9.59 Å². The number of unbranched alkanes of at least 4 members (excludes halogenated alkanes) is 1. The lowest BCUT2D eigenvalue weighted by molar-refractivity contribution is -0.130. The summed E-state index contributed by atoms with van der Waals surface area (Å²) >= 11 is 0. The Morgan fingerprint density at radius 3 is 2.32 bits per heavy atom. The third-order valence-electron chi connectivity index (χ3n) is 8.06. The molecule has 0 saturated carbocycles. The van der Waals surface area contributed by atoms with Crippen LogP contribution >= 0.6 is 0 Å². The molecule has 2 saturated heterocycles. The van der Waals surface area contributed by atoms with Gasteiger partial charge in [-0.3, -0.25) is 14.5 Å². The van der Waals surface area contributed by atoms with Crippen LogP contribution < -0.4 is 14.5 Å². The fourth-order valence-electron chi connectivity index (χ4n) is 5.48. The third kappa shape index (κ3) is 6.46. The van der Waals surface area contributed by atoms with Crippen LogP contribution in [0.25, 0.3) is 0 Å². The van der Waals surface area contributed by atoms with Crippen molar-refractivity contribution in [3.05, 3.63) is 53.8 Å². The fourth-order valence-corrected chi connectivity index (χ4v) is 5.48. The van der Waals surface area contributed by atoms with Gasteiger partial charge in [0, 0.05) is 63.5 Å². The first-order chi connectivity index (χ1) is 18.3. The van der Waals surface area contributed by atoms with Crippen molar-refractivity contribution in [3.63, 3.8) is 0 Å². The Hall–Kier alpha value is -3.13. The summed E-state index contributed by atoms with van der Waals surface area (Å²) in [6, 6.07) is 12.9. The molecule has 2 aromatic carbocycles. The molecule has 2 aliphatic heterocycles. The molecule has 2 fully saturated rings. The molecule has 0 aromatic heterocycles. The molecule has 0 N–H and O–H groups in total. The van der Waals surface area contributed by atoms with Gasteiger partial charge in [-0.15, -0.1) is 0 Å². The van der Waals surface area contributed by atoms with E-state index in [1.54, 1.807) is 44.3 Å². The number of likely N-dealkylation sites (tertiary alicyclic amines) is 1. The maximum Gasteiger partial charge on any atom is 0.258 e. The standard InChI is InChI=1S/C30H41FN4O3/c1-5-6-19-38-27-10-7-23(8-11-27)30(37)33(4)25-9-12-29(28(31)20-25)35-18-15-26(21-35)32(3)24-13-16-34(17-14-24)22(2)36/h7-12,20,24,26H,5-6,13-19,21H2,1-4H3. The highest BCUT2D eigenvalue weighted by Gasteiger charge is 2.33. The van der Waals surface area contributed by atoms with Crippen LogP contribution in [0.5, 0.6) is 5.75 Å². The molecule has 1 unspecified atom stereocenters. The zero-order valence-corrected chi connectivity index (χ0v) is 23.2. The van der Waals surface area contributed by atoms with Crippen LogP contribution in [0.3, 0.4) is 0 Å². The lowest BCUT2D eigenvalue weighted by Gasteiger charge is -2.39. The van der Waals surface area contributed by atoms with Crippen molar-refractivity contribution >= 4 is 23.2 Å². The molecule has 1 atom stereocenters. The topological polar surface area (TPSA) is 56.3 Å². The Labute approximate surface area is 226 Å². The van der Waals surface area contributed by atoms with Crippen LogP contribution in [-0.2, 0) is 4.79 Å². The van der Waals surface area contributed by atoms with Crippen LogP contribution in [0.1, 0.15) is 56.3 Å². The molecule has 0 aliphatic carbocycles. The van der Waals surface area contributed by atoms with E-state index in [1.165, 1.54) is 11.0 Å². The van der Waals surface area contributed by atoms with Crippen molar-refractivity contribution < 1.29 is 18.7 Å². The molecular formula is C30H41FN4O3. The van der Waals surface area contributed by atoms with Crippen LogP contribution in [0.2, 0.25) is 0 Å². The highest BCUT2D eigenvalue weighted by Crippen LogP contribution is 2.30. The molecular weight excluding hydrogens is 483 g/mol. The zero-order valence-electron chi connectivity index (χ0n) is 23.2. The summed E-state index contributed by atoms with van der Waals surface area (Å²) < 4.78 is 21.0. The summed E-state index contributed by atoms with van der Waals surface area (Å²) in [6.07, 6.45) is 4.98. The predicted octanol–water partition coefficient (Wildman–Crippen LogP) is 4.80. The summed E-state index contributed by atoms with van der Waals surface area (Å²) in [6.45, 7) is 7.57. The maximum atomic E-state index is 15.3.